The highest BCUT2D eigenvalue weighted by Crippen LogP contribution is 2.27. The number of ether oxygens (including phenoxy) is 2. The molecule has 3 aromatic rings. The van der Waals surface area contributed by atoms with E-state index in [1.807, 2.05) is 54.6 Å². The van der Waals surface area contributed by atoms with Crippen LogP contribution in [-0.4, -0.2) is 32.4 Å². The quantitative estimate of drug-likeness (QED) is 0.615. The van der Waals surface area contributed by atoms with Gasteiger partial charge in [0, 0.05) is 0 Å². The van der Waals surface area contributed by atoms with Gasteiger partial charge in [0.2, 0.25) is 6.29 Å². The standard InChI is InChI=1S/C19H15ClN4O4/c20-16-17(19(26)28-18(16)25)21-10-12-11-24(23-22-12)14-8-4-5-9-15(14)27-13-6-2-1-3-7-13/h1-9,11,19,21,26H,10H2. The Bertz CT molecular complexity index is 1040. The summed E-state index contributed by atoms with van der Waals surface area (Å²) < 4.78 is 12.1. The molecule has 0 saturated carbocycles. The van der Waals surface area contributed by atoms with Gasteiger partial charge in [-0.25, -0.2) is 9.48 Å². The maximum atomic E-state index is 11.3. The first kappa shape index (κ1) is 18.0. The Hall–Kier alpha value is -3.36. The molecule has 142 valence electrons. The Kier molecular flexibility index (Phi) is 4.96. The first-order chi connectivity index (χ1) is 13.6. The van der Waals surface area contributed by atoms with Gasteiger partial charge in [0.15, 0.2) is 10.8 Å². The van der Waals surface area contributed by atoms with Crippen LogP contribution in [0.25, 0.3) is 5.69 Å². The van der Waals surface area contributed by atoms with Crippen LogP contribution < -0.4 is 10.1 Å². The van der Waals surface area contributed by atoms with E-state index in [0.29, 0.717) is 22.9 Å². The van der Waals surface area contributed by atoms with Crippen LogP contribution in [0.2, 0.25) is 0 Å². The van der Waals surface area contributed by atoms with E-state index < -0.39 is 12.3 Å². The third kappa shape index (κ3) is 3.68. The second-order valence-corrected chi connectivity index (χ2v) is 6.25. The molecule has 1 aromatic heterocycles. The Morgan fingerprint density at radius 3 is 2.68 bits per heavy atom. The number of aliphatic hydroxyl groups is 1. The molecule has 2 N–H and O–H groups in total. The lowest BCUT2D eigenvalue weighted by molar-refractivity contribution is -0.151. The number of carbonyl (C=O) groups is 1. The molecule has 1 aliphatic heterocycles. The molecule has 0 saturated heterocycles. The summed E-state index contributed by atoms with van der Waals surface area (Å²) in [6.45, 7) is 0.195. The zero-order chi connectivity index (χ0) is 19.5. The smallest absolute Gasteiger partial charge is 0.354 e. The minimum atomic E-state index is -1.41. The van der Waals surface area contributed by atoms with E-state index in [4.69, 9.17) is 16.3 Å². The van der Waals surface area contributed by atoms with E-state index >= 15 is 0 Å². The maximum Gasteiger partial charge on any atom is 0.354 e. The fourth-order valence-corrected chi connectivity index (χ4v) is 2.83. The van der Waals surface area contributed by atoms with E-state index in [2.05, 4.69) is 20.4 Å². The summed E-state index contributed by atoms with van der Waals surface area (Å²) in [5, 5.41) is 20.6. The van der Waals surface area contributed by atoms with E-state index in [1.54, 1.807) is 10.9 Å². The van der Waals surface area contributed by atoms with Gasteiger partial charge in [-0.05, 0) is 24.3 Å². The van der Waals surface area contributed by atoms with Gasteiger partial charge in [-0.1, -0.05) is 47.1 Å². The Balaban J connectivity index is 1.51. The van der Waals surface area contributed by atoms with Crippen molar-refractivity contribution in [1.29, 1.82) is 0 Å². The minimum Gasteiger partial charge on any atom is -0.455 e. The van der Waals surface area contributed by atoms with Gasteiger partial charge < -0.3 is 19.9 Å². The summed E-state index contributed by atoms with van der Waals surface area (Å²) in [6, 6.07) is 16.9. The number of cyclic esters (lactones) is 1. The van der Waals surface area contributed by atoms with Gasteiger partial charge in [0.25, 0.3) is 0 Å². The molecule has 28 heavy (non-hydrogen) atoms. The lowest BCUT2D eigenvalue weighted by Crippen LogP contribution is -2.22. The molecule has 0 fully saturated rings. The lowest BCUT2D eigenvalue weighted by Gasteiger charge is -2.10. The Morgan fingerprint density at radius 2 is 1.93 bits per heavy atom. The van der Waals surface area contributed by atoms with E-state index in [0.717, 1.165) is 0 Å². The minimum absolute atomic E-state index is 0.106. The van der Waals surface area contributed by atoms with Crippen LogP contribution in [0.3, 0.4) is 0 Å². The van der Waals surface area contributed by atoms with Crippen molar-refractivity contribution in [3.8, 4) is 17.2 Å². The van der Waals surface area contributed by atoms with Gasteiger partial charge in [-0.15, -0.1) is 5.10 Å². The molecule has 0 bridgehead atoms. The number of rotatable bonds is 6. The number of para-hydroxylation sites is 3. The van der Waals surface area contributed by atoms with Crippen LogP contribution in [0.4, 0.5) is 0 Å². The molecule has 4 rings (SSSR count). The highest BCUT2D eigenvalue weighted by Gasteiger charge is 2.31. The number of nitrogens with one attached hydrogen (secondary N) is 1. The van der Waals surface area contributed by atoms with Crippen LogP contribution in [0, 0.1) is 0 Å². The molecule has 2 heterocycles. The Labute approximate surface area is 165 Å². The van der Waals surface area contributed by atoms with Crippen LogP contribution in [0.1, 0.15) is 5.69 Å². The summed E-state index contributed by atoms with van der Waals surface area (Å²) in [5.74, 6) is 0.555. The molecule has 0 spiro atoms. The van der Waals surface area contributed by atoms with E-state index in [1.165, 1.54) is 0 Å². The number of hydrogen-bond donors (Lipinski definition) is 2. The van der Waals surface area contributed by atoms with Crippen LogP contribution >= 0.6 is 11.6 Å². The number of aliphatic hydroxyl groups excluding tert-OH is 1. The van der Waals surface area contributed by atoms with E-state index in [9.17, 15) is 9.90 Å². The molecular weight excluding hydrogens is 384 g/mol. The number of carbonyl (C=O) groups excluding carboxylic acids is 1. The molecule has 1 unspecified atom stereocenters. The van der Waals surface area contributed by atoms with Crippen molar-refractivity contribution in [3.05, 3.63) is 77.2 Å². The topological polar surface area (TPSA) is 98.5 Å². The molecule has 0 radical (unpaired) electrons. The second kappa shape index (κ2) is 7.71. The number of aromatic nitrogens is 3. The number of nitrogens with zero attached hydrogens (tertiary/aromatic N) is 3. The largest absolute Gasteiger partial charge is 0.455 e. The highest BCUT2D eigenvalue weighted by molar-refractivity contribution is 6.42. The fraction of sp³-hybridized carbons (Fsp3) is 0.105. The fourth-order valence-electron chi connectivity index (χ4n) is 2.63. The van der Waals surface area contributed by atoms with Crippen molar-refractivity contribution in [3.63, 3.8) is 0 Å². The zero-order valence-corrected chi connectivity index (χ0v) is 15.2. The van der Waals surface area contributed by atoms with Crippen molar-refractivity contribution in [1.82, 2.24) is 20.3 Å². The summed E-state index contributed by atoms with van der Waals surface area (Å²) in [7, 11) is 0. The molecule has 1 aliphatic rings. The molecular formula is C19H15ClN4O4. The molecule has 9 heteroatoms. The van der Waals surface area contributed by atoms with Crippen molar-refractivity contribution in [2.24, 2.45) is 0 Å². The predicted octanol–water partition coefficient (Wildman–Crippen LogP) is 2.47. The number of benzene rings is 2. The molecule has 2 aromatic carbocycles. The monoisotopic (exact) mass is 398 g/mol. The SMILES string of the molecule is O=C1OC(O)C(NCc2cn(-c3ccccc3Oc3ccccc3)nn2)=C1Cl. The molecule has 1 atom stereocenters. The lowest BCUT2D eigenvalue weighted by atomic mass is 10.3. The average Bonchev–Trinajstić information content (AvgIpc) is 3.26. The second-order valence-electron chi connectivity index (χ2n) is 5.88. The van der Waals surface area contributed by atoms with E-state index in [-0.39, 0.29) is 17.3 Å². The average molecular weight is 399 g/mol. The van der Waals surface area contributed by atoms with Gasteiger partial charge in [0.1, 0.15) is 22.8 Å². The van der Waals surface area contributed by atoms with Crippen molar-refractivity contribution < 1.29 is 19.4 Å². The molecule has 0 amide bonds. The Morgan fingerprint density at radius 1 is 1.18 bits per heavy atom. The van der Waals surface area contributed by atoms with Crippen LogP contribution in [0.15, 0.2) is 71.5 Å². The van der Waals surface area contributed by atoms with Crippen molar-refractivity contribution in [2.45, 2.75) is 12.8 Å². The van der Waals surface area contributed by atoms with Gasteiger partial charge >= 0.3 is 5.97 Å². The predicted molar refractivity (Wildman–Crippen MR) is 99.7 cm³/mol. The molecule has 8 nitrogen and oxygen atoms in total. The normalized spacial score (nSPS) is 16.2. The van der Waals surface area contributed by atoms with Crippen molar-refractivity contribution >= 4 is 17.6 Å². The van der Waals surface area contributed by atoms with Crippen LogP contribution in [0.5, 0.6) is 11.5 Å². The van der Waals surface area contributed by atoms with Gasteiger partial charge in [0.05, 0.1) is 12.7 Å². The third-order valence-corrected chi connectivity index (χ3v) is 4.32. The molecule has 0 aliphatic carbocycles. The van der Waals surface area contributed by atoms with Crippen molar-refractivity contribution in [2.75, 3.05) is 0 Å². The van der Waals surface area contributed by atoms with Gasteiger partial charge in [-0.2, -0.15) is 0 Å². The summed E-state index contributed by atoms with van der Waals surface area (Å²) in [5.41, 5.74) is 1.38. The first-order valence-corrected chi connectivity index (χ1v) is 8.76. The first-order valence-electron chi connectivity index (χ1n) is 8.38. The number of hydrogen-bond acceptors (Lipinski definition) is 7. The summed E-state index contributed by atoms with van der Waals surface area (Å²) in [4.78, 5) is 11.3. The third-order valence-electron chi connectivity index (χ3n) is 3.97. The maximum absolute atomic E-state index is 11.3. The number of halogens is 1. The zero-order valence-electron chi connectivity index (χ0n) is 14.4. The summed E-state index contributed by atoms with van der Waals surface area (Å²) >= 11 is 5.81. The van der Waals surface area contributed by atoms with Gasteiger partial charge in [-0.3, -0.25) is 0 Å². The van der Waals surface area contributed by atoms with Crippen LogP contribution in [-0.2, 0) is 16.1 Å². The number of esters is 1. The summed E-state index contributed by atoms with van der Waals surface area (Å²) in [6.07, 6.45) is 0.300. The highest BCUT2D eigenvalue weighted by atomic mass is 35.5.